The monoisotopic (exact) mass is 212 g/mol. The highest BCUT2D eigenvalue weighted by Crippen LogP contribution is 2.29. The van der Waals surface area contributed by atoms with Crippen molar-refractivity contribution in [3.8, 4) is 12.1 Å². The van der Waals surface area contributed by atoms with Crippen molar-refractivity contribution in [1.82, 2.24) is 0 Å². The quantitative estimate of drug-likeness (QED) is 0.682. The smallest absolute Gasteiger partial charge is 0.151 e. The molecule has 0 fully saturated rings. The average molecular weight is 212 g/mol. The van der Waals surface area contributed by atoms with Gasteiger partial charge in [-0.25, -0.2) is 0 Å². The molecule has 0 aliphatic heterocycles. The molecular formula is C11H4N2OS. The first-order valence-electron chi connectivity index (χ1n) is 4.10. The number of aldehydes is 1. The summed E-state index contributed by atoms with van der Waals surface area (Å²) in [5.41, 5.74) is 1.38. The Balaban J connectivity index is 2.92. The fraction of sp³-hybridized carbons (Fsp3) is 0. The van der Waals surface area contributed by atoms with E-state index in [9.17, 15) is 4.79 Å². The van der Waals surface area contributed by atoms with Gasteiger partial charge in [0.1, 0.15) is 6.07 Å². The number of nitriles is 2. The Hall–Kier alpha value is -2.17. The summed E-state index contributed by atoms with van der Waals surface area (Å²) in [5.74, 6) is 0. The van der Waals surface area contributed by atoms with E-state index >= 15 is 0 Å². The zero-order valence-corrected chi connectivity index (χ0v) is 8.34. The molecule has 15 heavy (non-hydrogen) atoms. The Morgan fingerprint density at radius 1 is 1.27 bits per heavy atom. The minimum Gasteiger partial charge on any atom is -0.298 e. The first kappa shape index (κ1) is 9.39. The third-order valence-electron chi connectivity index (χ3n) is 2.08. The molecule has 0 N–H and O–H groups in total. The van der Waals surface area contributed by atoms with Crippen molar-refractivity contribution in [2.75, 3.05) is 0 Å². The van der Waals surface area contributed by atoms with Gasteiger partial charge in [0.2, 0.25) is 0 Å². The molecule has 1 heterocycles. The van der Waals surface area contributed by atoms with E-state index < -0.39 is 0 Å². The number of rotatable bonds is 1. The zero-order valence-electron chi connectivity index (χ0n) is 7.52. The van der Waals surface area contributed by atoms with Gasteiger partial charge < -0.3 is 0 Å². The van der Waals surface area contributed by atoms with Crippen LogP contribution in [0.1, 0.15) is 21.5 Å². The van der Waals surface area contributed by atoms with Gasteiger partial charge in [-0.2, -0.15) is 10.5 Å². The first-order chi connectivity index (χ1) is 7.30. The minimum atomic E-state index is 0.403. The average Bonchev–Trinajstić information content (AvgIpc) is 2.70. The molecule has 3 nitrogen and oxygen atoms in total. The third kappa shape index (κ3) is 1.38. The Bertz CT molecular complexity index is 628. The van der Waals surface area contributed by atoms with Gasteiger partial charge in [0.15, 0.2) is 6.29 Å². The SMILES string of the molecule is N#Cc1cc(C#N)c2scc(C=O)c2c1. The first-order valence-corrected chi connectivity index (χ1v) is 4.98. The summed E-state index contributed by atoms with van der Waals surface area (Å²) in [6.07, 6.45) is 0.737. The molecule has 0 aliphatic rings. The van der Waals surface area contributed by atoms with Crippen LogP contribution in [0.4, 0.5) is 0 Å². The number of hydrogen-bond donors (Lipinski definition) is 0. The van der Waals surface area contributed by atoms with E-state index in [1.165, 1.54) is 17.4 Å². The number of thiophene rings is 1. The normalized spacial score (nSPS) is 9.47. The maximum atomic E-state index is 10.7. The maximum absolute atomic E-state index is 10.7. The Morgan fingerprint density at radius 2 is 2.07 bits per heavy atom. The lowest BCUT2D eigenvalue weighted by Gasteiger charge is -1.95. The molecule has 0 bridgehead atoms. The van der Waals surface area contributed by atoms with E-state index in [2.05, 4.69) is 0 Å². The van der Waals surface area contributed by atoms with Crippen LogP contribution >= 0.6 is 11.3 Å². The fourth-order valence-electron chi connectivity index (χ4n) is 1.39. The Morgan fingerprint density at radius 3 is 2.67 bits per heavy atom. The molecule has 2 aromatic rings. The molecule has 1 aromatic carbocycles. The second kappa shape index (κ2) is 3.53. The molecular weight excluding hydrogens is 208 g/mol. The van der Waals surface area contributed by atoms with Crippen LogP contribution in [0, 0.1) is 22.7 Å². The van der Waals surface area contributed by atoms with Gasteiger partial charge in [-0.15, -0.1) is 11.3 Å². The van der Waals surface area contributed by atoms with Crippen LogP contribution in [0.2, 0.25) is 0 Å². The van der Waals surface area contributed by atoms with Gasteiger partial charge in [-0.05, 0) is 12.1 Å². The molecule has 0 saturated carbocycles. The molecule has 0 spiro atoms. The van der Waals surface area contributed by atoms with Gasteiger partial charge in [-0.1, -0.05) is 0 Å². The summed E-state index contributed by atoms with van der Waals surface area (Å²) < 4.78 is 0.763. The molecule has 2 rings (SSSR count). The van der Waals surface area contributed by atoms with Crippen LogP contribution in [0.25, 0.3) is 10.1 Å². The molecule has 70 valence electrons. The predicted octanol–water partition coefficient (Wildman–Crippen LogP) is 2.46. The largest absolute Gasteiger partial charge is 0.298 e. The van der Waals surface area contributed by atoms with Crippen molar-refractivity contribution >= 4 is 27.7 Å². The number of hydrogen-bond acceptors (Lipinski definition) is 4. The Labute approximate surface area is 89.8 Å². The zero-order chi connectivity index (χ0) is 10.8. The molecule has 0 atom stereocenters. The topological polar surface area (TPSA) is 64.7 Å². The van der Waals surface area contributed by atoms with Gasteiger partial charge in [0.05, 0.1) is 21.9 Å². The van der Waals surface area contributed by atoms with E-state index in [0.29, 0.717) is 22.1 Å². The lowest BCUT2D eigenvalue weighted by Crippen LogP contribution is -1.82. The third-order valence-corrected chi connectivity index (χ3v) is 3.13. The lowest BCUT2D eigenvalue weighted by atomic mass is 10.1. The summed E-state index contributed by atoms with van der Waals surface area (Å²) in [6, 6.07) is 7.17. The Kier molecular flexibility index (Phi) is 2.21. The molecule has 1 aromatic heterocycles. The molecule has 0 aliphatic carbocycles. The van der Waals surface area contributed by atoms with Gasteiger partial charge in [0, 0.05) is 16.3 Å². The van der Waals surface area contributed by atoms with Crippen LogP contribution in [0.15, 0.2) is 17.5 Å². The van der Waals surface area contributed by atoms with E-state index in [4.69, 9.17) is 10.5 Å². The van der Waals surface area contributed by atoms with Gasteiger partial charge in [0.25, 0.3) is 0 Å². The molecule has 0 unspecified atom stereocenters. The molecule has 0 radical (unpaired) electrons. The van der Waals surface area contributed by atoms with Crippen LogP contribution in [-0.2, 0) is 0 Å². The molecule has 4 heteroatoms. The number of carbonyl (C=O) groups is 1. The number of benzene rings is 1. The van der Waals surface area contributed by atoms with E-state index in [1.807, 2.05) is 12.1 Å². The fourth-order valence-corrected chi connectivity index (χ4v) is 2.36. The van der Waals surface area contributed by atoms with E-state index in [1.54, 1.807) is 11.4 Å². The van der Waals surface area contributed by atoms with Crippen LogP contribution in [0.5, 0.6) is 0 Å². The minimum absolute atomic E-state index is 0.403. The van der Waals surface area contributed by atoms with Crippen molar-refractivity contribution in [2.45, 2.75) is 0 Å². The van der Waals surface area contributed by atoms with Crippen molar-refractivity contribution < 1.29 is 4.79 Å². The summed E-state index contributed by atoms with van der Waals surface area (Å²) in [5, 5.41) is 20.1. The maximum Gasteiger partial charge on any atom is 0.151 e. The summed E-state index contributed by atoms with van der Waals surface area (Å²) in [7, 11) is 0. The molecule has 0 amide bonds. The van der Waals surface area contributed by atoms with Crippen LogP contribution in [0.3, 0.4) is 0 Å². The standard InChI is InChI=1S/C11H4N2OS/c12-3-7-1-8(4-13)11-10(2-7)9(5-14)6-15-11/h1-2,5-6H. The van der Waals surface area contributed by atoms with Crippen molar-refractivity contribution in [3.05, 3.63) is 34.2 Å². The number of carbonyl (C=O) groups excluding carboxylic acids is 1. The van der Waals surface area contributed by atoms with Gasteiger partial charge >= 0.3 is 0 Å². The summed E-state index contributed by atoms with van der Waals surface area (Å²) in [6.45, 7) is 0. The van der Waals surface area contributed by atoms with Crippen molar-refractivity contribution in [1.29, 1.82) is 10.5 Å². The van der Waals surface area contributed by atoms with Crippen molar-refractivity contribution in [2.24, 2.45) is 0 Å². The second-order valence-electron chi connectivity index (χ2n) is 2.93. The molecule has 0 saturated heterocycles. The summed E-state index contributed by atoms with van der Waals surface area (Å²) >= 11 is 1.35. The summed E-state index contributed by atoms with van der Waals surface area (Å²) in [4.78, 5) is 10.7. The van der Waals surface area contributed by atoms with Gasteiger partial charge in [-0.3, -0.25) is 4.79 Å². The lowest BCUT2D eigenvalue weighted by molar-refractivity contribution is 0.112. The number of fused-ring (bicyclic) bond motifs is 1. The highest BCUT2D eigenvalue weighted by Gasteiger charge is 2.09. The van der Waals surface area contributed by atoms with Crippen molar-refractivity contribution in [3.63, 3.8) is 0 Å². The van der Waals surface area contributed by atoms with Crippen LogP contribution < -0.4 is 0 Å². The highest BCUT2D eigenvalue weighted by molar-refractivity contribution is 7.17. The van der Waals surface area contributed by atoms with E-state index in [-0.39, 0.29) is 0 Å². The second-order valence-corrected chi connectivity index (χ2v) is 3.81. The van der Waals surface area contributed by atoms with E-state index in [0.717, 1.165) is 11.0 Å². The number of nitrogens with zero attached hydrogens (tertiary/aromatic N) is 2. The highest BCUT2D eigenvalue weighted by atomic mass is 32.1. The predicted molar refractivity (Wildman–Crippen MR) is 56.6 cm³/mol. The van der Waals surface area contributed by atoms with Crippen LogP contribution in [-0.4, -0.2) is 6.29 Å².